The Kier molecular flexibility index (Phi) is 4.75. The molecule has 5 nitrogen and oxygen atoms in total. The number of aryl methyl sites for hydroxylation is 2. The smallest absolute Gasteiger partial charge is 0.255 e. The second-order valence-corrected chi connectivity index (χ2v) is 5.11. The molecule has 0 aliphatic carbocycles. The van der Waals surface area contributed by atoms with Gasteiger partial charge < -0.3 is 10.1 Å². The third-order valence-corrected chi connectivity index (χ3v) is 3.49. The highest BCUT2D eigenvalue weighted by Crippen LogP contribution is 2.12. The average Bonchev–Trinajstić information content (AvgIpc) is 2.70. The van der Waals surface area contributed by atoms with Crippen LogP contribution in [0, 0.1) is 13.8 Å². The monoisotopic (exact) mass is 287 g/mol. The first-order chi connectivity index (χ1) is 10.0. The molecular weight excluding hydrogens is 266 g/mol. The molecule has 0 atom stereocenters. The number of amides is 1. The number of ether oxygens (including phenoxy) is 1. The average molecular weight is 287 g/mol. The zero-order valence-corrected chi connectivity index (χ0v) is 12.9. The van der Waals surface area contributed by atoms with Crippen LogP contribution >= 0.6 is 0 Å². The lowest BCUT2D eigenvalue weighted by molar-refractivity contribution is 0.0949. The summed E-state index contributed by atoms with van der Waals surface area (Å²) in [6.07, 6.45) is 0. The minimum Gasteiger partial charge on any atom is -0.380 e. The largest absolute Gasteiger partial charge is 0.380 e. The molecule has 0 spiro atoms. The molecule has 0 radical (unpaired) electrons. The van der Waals surface area contributed by atoms with Gasteiger partial charge in [0.15, 0.2) is 0 Å². The number of aromatic nitrogens is 2. The molecule has 2 aromatic rings. The summed E-state index contributed by atoms with van der Waals surface area (Å²) in [7, 11) is 3.51. The fraction of sp³-hybridized carbons (Fsp3) is 0.375. The van der Waals surface area contributed by atoms with E-state index in [0.29, 0.717) is 18.7 Å². The molecule has 0 aliphatic heterocycles. The summed E-state index contributed by atoms with van der Waals surface area (Å²) >= 11 is 0. The number of nitrogens with one attached hydrogen (secondary N) is 1. The summed E-state index contributed by atoms with van der Waals surface area (Å²) in [4.78, 5) is 12.3. The van der Waals surface area contributed by atoms with E-state index in [0.717, 1.165) is 22.5 Å². The molecule has 1 heterocycles. The fourth-order valence-corrected chi connectivity index (χ4v) is 2.37. The van der Waals surface area contributed by atoms with Crippen LogP contribution in [0.4, 0.5) is 0 Å². The molecule has 2 rings (SSSR count). The van der Waals surface area contributed by atoms with Gasteiger partial charge in [0.05, 0.1) is 17.9 Å². The van der Waals surface area contributed by atoms with Crippen LogP contribution in [0.25, 0.3) is 0 Å². The van der Waals surface area contributed by atoms with Gasteiger partial charge in [0.25, 0.3) is 5.91 Å². The van der Waals surface area contributed by atoms with Crippen LogP contribution in [0.3, 0.4) is 0 Å². The Labute approximate surface area is 124 Å². The predicted molar refractivity (Wildman–Crippen MR) is 81.0 cm³/mol. The maximum absolute atomic E-state index is 12.3. The number of hydrogen-bond acceptors (Lipinski definition) is 3. The van der Waals surface area contributed by atoms with Gasteiger partial charge in [-0.1, -0.05) is 24.3 Å². The van der Waals surface area contributed by atoms with E-state index in [2.05, 4.69) is 10.4 Å². The van der Waals surface area contributed by atoms with Crippen molar-refractivity contribution in [1.29, 1.82) is 0 Å². The summed E-state index contributed by atoms with van der Waals surface area (Å²) in [6, 6.07) is 8.00. The van der Waals surface area contributed by atoms with Crippen molar-refractivity contribution in [1.82, 2.24) is 15.1 Å². The van der Waals surface area contributed by atoms with Crippen LogP contribution < -0.4 is 5.32 Å². The number of carbonyl (C=O) groups is 1. The number of methoxy groups -OCH3 is 1. The summed E-state index contributed by atoms with van der Waals surface area (Å²) in [5.41, 5.74) is 4.43. The van der Waals surface area contributed by atoms with Gasteiger partial charge in [-0.3, -0.25) is 9.48 Å². The Balaban J connectivity index is 2.06. The van der Waals surface area contributed by atoms with E-state index in [1.807, 2.05) is 45.2 Å². The first-order valence-electron chi connectivity index (χ1n) is 6.88. The molecule has 0 saturated carbocycles. The Bertz CT molecular complexity index is 647. The van der Waals surface area contributed by atoms with Gasteiger partial charge in [0.2, 0.25) is 0 Å². The second kappa shape index (κ2) is 6.54. The molecule has 0 bridgehead atoms. The number of hydrogen-bond donors (Lipinski definition) is 1. The molecule has 21 heavy (non-hydrogen) atoms. The zero-order chi connectivity index (χ0) is 15.4. The Morgan fingerprint density at radius 2 is 2.05 bits per heavy atom. The third kappa shape index (κ3) is 3.49. The molecule has 0 aliphatic rings. The quantitative estimate of drug-likeness (QED) is 0.916. The molecule has 112 valence electrons. The fourth-order valence-electron chi connectivity index (χ4n) is 2.37. The maximum atomic E-state index is 12.3. The predicted octanol–water partition coefficient (Wildman–Crippen LogP) is 2.11. The summed E-state index contributed by atoms with van der Waals surface area (Å²) in [6.45, 7) is 4.81. The topological polar surface area (TPSA) is 56.1 Å². The summed E-state index contributed by atoms with van der Waals surface area (Å²) < 4.78 is 6.84. The normalized spacial score (nSPS) is 10.7. The standard InChI is InChI=1S/C16H21N3O2/c1-11-15(12(2)19(3)18-11)16(20)17-9-13-6-5-7-14(8-13)10-21-4/h5-8H,9-10H2,1-4H3,(H,17,20). The lowest BCUT2D eigenvalue weighted by atomic mass is 10.1. The minimum atomic E-state index is -0.0877. The van der Waals surface area contributed by atoms with E-state index in [4.69, 9.17) is 4.74 Å². The maximum Gasteiger partial charge on any atom is 0.255 e. The number of rotatable bonds is 5. The third-order valence-electron chi connectivity index (χ3n) is 3.49. The van der Waals surface area contributed by atoms with Crippen molar-refractivity contribution in [3.63, 3.8) is 0 Å². The van der Waals surface area contributed by atoms with Crippen LogP contribution in [0.15, 0.2) is 24.3 Å². The van der Waals surface area contributed by atoms with E-state index in [1.54, 1.807) is 11.8 Å². The van der Waals surface area contributed by atoms with Gasteiger partial charge in [-0.15, -0.1) is 0 Å². The lowest BCUT2D eigenvalue weighted by Gasteiger charge is -2.07. The van der Waals surface area contributed by atoms with Gasteiger partial charge in [-0.25, -0.2) is 0 Å². The number of nitrogens with zero attached hydrogens (tertiary/aromatic N) is 2. The van der Waals surface area contributed by atoms with Gasteiger partial charge in [-0.05, 0) is 25.0 Å². The van der Waals surface area contributed by atoms with Gasteiger partial charge in [0, 0.05) is 26.4 Å². The van der Waals surface area contributed by atoms with Crippen LogP contribution in [0.2, 0.25) is 0 Å². The zero-order valence-electron chi connectivity index (χ0n) is 12.9. The van der Waals surface area contributed by atoms with Crippen molar-refractivity contribution >= 4 is 5.91 Å². The van der Waals surface area contributed by atoms with E-state index in [1.165, 1.54) is 0 Å². The van der Waals surface area contributed by atoms with E-state index < -0.39 is 0 Å². The number of benzene rings is 1. The first kappa shape index (κ1) is 15.3. The highest BCUT2D eigenvalue weighted by molar-refractivity contribution is 5.96. The summed E-state index contributed by atoms with van der Waals surface area (Å²) in [5, 5.41) is 7.21. The van der Waals surface area contributed by atoms with E-state index in [-0.39, 0.29) is 5.91 Å². The van der Waals surface area contributed by atoms with Crippen LogP contribution in [-0.2, 0) is 24.9 Å². The summed E-state index contributed by atoms with van der Waals surface area (Å²) in [5.74, 6) is -0.0877. The highest BCUT2D eigenvalue weighted by Gasteiger charge is 2.16. The molecule has 1 N–H and O–H groups in total. The van der Waals surface area contributed by atoms with Crippen molar-refractivity contribution in [3.05, 3.63) is 52.3 Å². The number of carbonyl (C=O) groups excluding carboxylic acids is 1. The minimum absolute atomic E-state index is 0.0877. The van der Waals surface area contributed by atoms with Crippen LogP contribution in [0.1, 0.15) is 32.9 Å². The van der Waals surface area contributed by atoms with Crippen molar-refractivity contribution in [2.75, 3.05) is 7.11 Å². The highest BCUT2D eigenvalue weighted by atomic mass is 16.5. The van der Waals surface area contributed by atoms with Crippen molar-refractivity contribution < 1.29 is 9.53 Å². The van der Waals surface area contributed by atoms with Crippen LogP contribution in [0.5, 0.6) is 0 Å². The van der Waals surface area contributed by atoms with E-state index in [9.17, 15) is 4.79 Å². The Morgan fingerprint density at radius 3 is 2.67 bits per heavy atom. The molecular formula is C16H21N3O2. The van der Waals surface area contributed by atoms with Gasteiger partial charge >= 0.3 is 0 Å². The first-order valence-corrected chi connectivity index (χ1v) is 6.88. The SMILES string of the molecule is COCc1cccc(CNC(=O)c2c(C)nn(C)c2C)c1. The molecule has 0 fully saturated rings. The van der Waals surface area contributed by atoms with Crippen molar-refractivity contribution in [2.45, 2.75) is 27.0 Å². The molecule has 1 amide bonds. The molecule has 0 unspecified atom stereocenters. The van der Waals surface area contributed by atoms with E-state index >= 15 is 0 Å². The van der Waals surface area contributed by atoms with Crippen molar-refractivity contribution in [2.24, 2.45) is 7.05 Å². The van der Waals surface area contributed by atoms with Crippen molar-refractivity contribution in [3.8, 4) is 0 Å². The molecule has 0 saturated heterocycles. The molecule has 5 heteroatoms. The lowest BCUT2D eigenvalue weighted by Crippen LogP contribution is -2.24. The molecule has 1 aromatic carbocycles. The van der Waals surface area contributed by atoms with Gasteiger partial charge in [-0.2, -0.15) is 5.10 Å². The second-order valence-electron chi connectivity index (χ2n) is 5.11. The van der Waals surface area contributed by atoms with Crippen LogP contribution in [-0.4, -0.2) is 22.8 Å². The molecule has 1 aromatic heterocycles. The Hall–Kier alpha value is -2.14. The van der Waals surface area contributed by atoms with Gasteiger partial charge in [0.1, 0.15) is 0 Å². The Morgan fingerprint density at radius 1 is 1.33 bits per heavy atom.